The normalized spacial score (nSPS) is 15.1. The number of fused-ring (bicyclic) bond motifs is 1. The number of aldehydes is 1. The molecular formula is C49H60N2O10S. The molecule has 1 N–H and O–H groups in total. The smallest absolute Gasteiger partial charge is 0.342 e. The summed E-state index contributed by atoms with van der Waals surface area (Å²) >= 11 is 1.10. The number of aryl methyl sites for hydroxylation is 1. The third-order valence-electron chi connectivity index (χ3n) is 8.94. The molecule has 5 aromatic rings. The summed E-state index contributed by atoms with van der Waals surface area (Å²) in [6, 6.07) is 19.8. The number of carbonyl (C=O) groups excluding carboxylic acids is 2. The quantitative estimate of drug-likeness (QED) is 0.0701. The van der Waals surface area contributed by atoms with Gasteiger partial charge in [-0.2, -0.15) is 8.75 Å². The minimum Gasteiger partial charge on any atom is -0.487 e. The fourth-order valence-electron chi connectivity index (χ4n) is 6.66. The van der Waals surface area contributed by atoms with Gasteiger partial charge in [-0.05, 0) is 138 Å². The van der Waals surface area contributed by atoms with Crippen LogP contribution in [0.5, 0.6) is 34.5 Å². The van der Waals surface area contributed by atoms with Crippen LogP contribution in [0.1, 0.15) is 116 Å². The first-order chi connectivity index (χ1) is 29.3. The lowest BCUT2D eigenvalue weighted by Crippen LogP contribution is -2.29. The first kappa shape index (κ1) is 47.4. The van der Waals surface area contributed by atoms with Gasteiger partial charge in [0.25, 0.3) is 5.79 Å². The molecule has 2 heterocycles. The first-order valence-electron chi connectivity index (χ1n) is 21.1. The van der Waals surface area contributed by atoms with Crippen LogP contribution in [0.2, 0.25) is 0 Å². The molecule has 0 saturated heterocycles. The number of aromatic nitrogens is 2. The molecule has 1 aliphatic rings. The summed E-state index contributed by atoms with van der Waals surface area (Å²) in [4.78, 5) is 24.6. The van der Waals surface area contributed by atoms with E-state index in [1.165, 1.54) is 0 Å². The van der Waals surface area contributed by atoms with Crippen molar-refractivity contribution in [3.8, 4) is 34.5 Å². The molecule has 1 aromatic heterocycles. The third-order valence-corrected chi connectivity index (χ3v) is 9.50. The van der Waals surface area contributed by atoms with Crippen molar-refractivity contribution in [3.63, 3.8) is 0 Å². The SMILES string of the molecule is CC(C)Oc1cc(C=O)cc(OC(C)C)c1OC(C)C.Cc1ccc(C2(O)OC(=O)C(c3ccc4nsnc4c3)=C2Cc2cc(OC(C)C)c(OC(C)C)c(OC(C)C)c2)cc1. The molecule has 0 spiro atoms. The van der Waals surface area contributed by atoms with E-state index in [1.54, 1.807) is 36.4 Å². The van der Waals surface area contributed by atoms with Crippen molar-refractivity contribution in [2.45, 2.75) is 139 Å². The molecule has 1 atom stereocenters. The summed E-state index contributed by atoms with van der Waals surface area (Å²) in [5.41, 5.74) is 5.42. The van der Waals surface area contributed by atoms with Gasteiger partial charge in [-0.3, -0.25) is 4.79 Å². The molecule has 0 bridgehead atoms. The lowest BCUT2D eigenvalue weighted by atomic mass is 9.87. The van der Waals surface area contributed by atoms with Gasteiger partial charge < -0.3 is 38.3 Å². The van der Waals surface area contributed by atoms with Crippen molar-refractivity contribution >= 4 is 40.6 Å². The van der Waals surface area contributed by atoms with Crippen LogP contribution in [0.3, 0.4) is 0 Å². The predicted octanol–water partition coefficient (Wildman–Crippen LogP) is 10.6. The number of nitrogens with zero attached hydrogens (tertiary/aromatic N) is 2. The zero-order valence-corrected chi connectivity index (χ0v) is 38.8. The predicted molar refractivity (Wildman–Crippen MR) is 242 cm³/mol. The third kappa shape index (κ3) is 11.8. The molecular weight excluding hydrogens is 809 g/mol. The van der Waals surface area contributed by atoms with Gasteiger partial charge in [0, 0.05) is 23.1 Å². The Morgan fingerprint density at radius 1 is 0.629 bits per heavy atom. The van der Waals surface area contributed by atoms with Gasteiger partial charge in [-0.15, -0.1) is 0 Å². The molecule has 62 heavy (non-hydrogen) atoms. The van der Waals surface area contributed by atoms with E-state index < -0.39 is 11.8 Å². The van der Waals surface area contributed by atoms with Crippen molar-refractivity contribution in [1.29, 1.82) is 0 Å². The molecule has 6 rings (SSSR count). The summed E-state index contributed by atoms with van der Waals surface area (Å²) in [6.07, 6.45) is 0.532. The minimum absolute atomic E-state index is 0.0129. The molecule has 0 radical (unpaired) electrons. The number of hydrogen-bond acceptors (Lipinski definition) is 13. The standard InChI is InChI=1S/C33H36N2O6S.C16H24O4/c1-18(2)38-28-15-22(16-29(39-19(3)4)31(28)40-20(5)6)14-25-30(23-10-13-26-27(17-23)35-42-34-26)32(36)41-33(25,37)24-11-8-21(7)9-12-24;1-10(2)18-14-7-13(9-17)8-15(19-11(3)4)16(14)20-12(5)6/h8-13,15-20,37H,14H2,1-7H3;7-12H,1-6H3. The molecule has 13 heteroatoms. The van der Waals surface area contributed by atoms with E-state index in [1.807, 2.05) is 120 Å². The Hall–Kier alpha value is -5.66. The molecule has 1 unspecified atom stereocenters. The van der Waals surface area contributed by atoms with E-state index in [0.717, 1.165) is 34.7 Å². The van der Waals surface area contributed by atoms with E-state index in [4.69, 9.17) is 33.2 Å². The number of benzene rings is 4. The highest BCUT2D eigenvalue weighted by Gasteiger charge is 2.48. The average molecular weight is 869 g/mol. The van der Waals surface area contributed by atoms with Crippen molar-refractivity contribution in [1.82, 2.24) is 8.75 Å². The highest BCUT2D eigenvalue weighted by molar-refractivity contribution is 7.00. The van der Waals surface area contributed by atoms with Crippen molar-refractivity contribution in [3.05, 3.63) is 100 Å². The summed E-state index contributed by atoms with van der Waals surface area (Å²) in [5, 5.41) is 12.1. The maximum absolute atomic E-state index is 13.6. The number of cyclic esters (lactones) is 1. The molecule has 0 aliphatic carbocycles. The maximum Gasteiger partial charge on any atom is 0.342 e. The molecule has 0 saturated carbocycles. The van der Waals surface area contributed by atoms with E-state index >= 15 is 0 Å². The number of aliphatic hydroxyl groups is 1. The molecule has 0 amide bonds. The van der Waals surface area contributed by atoms with Crippen LogP contribution in [-0.2, 0) is 21.7 Å². The Morgan fingerprint density at radius 3 is 1.53 bits per heavy atom. The number of hydrogen-bond donors (Lipinski definition) is 1. The van der Waals surface area contributed by atoms with Crippen LogP contribution in [0.25, 0.3) is 16.6 Å². The Balaban J connectivity index is 0.000000305. The molecule has 0 fully saturated rings. The first-order valence-corrected chi connectivity index (χ1v) is 21.8. The fraction of sp³-hybridized carbons (Fsp3) is 0.429. The highest BCUT2D eigenvalue weighted by atomic mass is 32.1. The fourth-order valence-corrected chi connectivity index (χ4v) is 7.18. The average Bonchev–Trinajstić information content (AvgIpc) is 3.74. The molecule has 332 valence electrons. The van der Waals surface area contributed by atoms with Gasteiger partial charge in [0.2, 0.25) is 11.5 Å². The summed E-state index contributed by atoms with van der Waals surface area (Å²) < 4.78 is 50.3. The van der Waals surface area contributed by atoms with Gasteiger partial charge in [0.1, 0.15) is 17.3 Å². The Bertz CT molecular complexity index is 2300. The summed E-state index contributed by atoms with van der Waals surface area (Å²) in [5.74, 6) is 0.574. The molecule has 4 aromatic carbocycles. The monoisotopic (exact) mass is 868 g/mol. The second-order valence-electron chi connectivity index (χ2n) is 16.8. The van der Waals surface area contributed by atoms with E-state index in [2.05, 4.69) is 8.75 Å². The molecule has 1 aliphatic heterocycles. The lowest BCUT2D eigenvalue weighted by Gasteiger charge is -2.27. The topological polar surface area (TPSA) is 145 Å². The lowest BCUT2D eigenvalue weighted by molar-refractivity contribution is -0.185. The van der Waals surface area contributed by atoms with Crippen LogP contribution in [0, 0.1) is 6.92 Å². The van der Waals surface area contributed by atoms with Gasteiger partial charge in [-0.1, -0.05) is 35.9 Å². The second-order valence-corrected chi connectivity index (χ2v) is 17.3. The van der Waals surface area contributed by atoms with Crippen molar-refractivity contribution in [2.24, 2.45) is 0 Å². The highest BCUT2D eigenvalue weighted by Crippen LogP contribution is 2.47. The van der Waals surface area contributed by atoms with E-state index in [9.17, 15) is 14.7 Å². The van der Waals surface area contributed by atoms with Gasteiger partial charge in [0.05, 0.1) is 53.9 Å². The number of rotatable bonds is 17. The minimum atomic E-state index is -1.99. The number of ether oxygens (including phenoxy) is 7. The van der Waals surface area contributed by atoms with Crippen LogP contribution < -0.4 is 28.4 Å². The Kier molecular flexibility index (Phi) is 15.6. The van der Waals surface area contributed by atoms with Crippen molar-refractivity contribution < 1.29 is 47.9 Å². The molecule has 12 nitrogen and oxygen atoms in total. The van der Waals surface area contributed by atoms with Crippen LogP contribution in [0.4, 0.5) is 0 Å². The zero-order valence-electron chi connectivity index (χ0n) is 38.0. The number of carbonyl (C=O) groups is 2. The van der Waals surface area contributed by atoms with Gasteiger partial charge in [-0.25, -0.2) is 4.79 Å². The summed E-state index contributed by atoms with van der Waals surface area (Å²) in [6.45, 7) is 25.2. The largest absolute Gasteiger partial charge is 0.487 e. The summed E-state index contributed by atoms with van der Waals surface area (Å²) in [7, 11) is 0. The van der Waals surface area contributed by atoms with Crippen LogP contribution >= 0.6 is 11.7 Å². The maximum atomic E-state index is 13.6. The van der Waals surface area contributed by atoms with E-state index in [-0.39, 0.29) is 48.6 Å². The van der Waals surface area contributed by atoms with Crippen LogP contribution in [-0.4, -0.2) is 62.7 Å². The Morgan fingerprint density at radius 2 is 1.08 bits per heavy atom. The number of esters is 1. The van der Waals surface area contributed by atoms with E-state index in [0.29, 0.717) is 62.3 Å². The van der Waals surface area contributed by atoms with Crippen LogP contribution in [0.15, 0.2) is 72.3 Å². The second kappa shape index (κ2) is 20.5. The van der Waals surface area contributed by atoms with Gasteiger partial charge in [0.15, 0.2) is 23.0 Å². The zero-order chi connectivity index (χ0) is 45.5. The Labute approximate surface area is 369 Å². The van der Waals surface area contributed by atoms with Gasteiger partial charge >= 0.3 is 5.97 Å². The van der Waals surface area contributed by atoms with Crippen molar-refractivity contribution in [2.75, 3.05) is 0 Å².